The van der Waals surface area contributed by atoms with Gasteiger partial charge < -0.3 is 5.32 Å². The maximum Gasteiger partial charge on any atom is 0.264 e. The van der Waals surface area contributed by atoms with Gasteiger partial charge in [-0.2, -0.15) is 0 Å². The van der Waals surface area contributed by atoms with Gasteiger partial charge in [-0.3, -0.25) is 9.10 Å². The van der Waals surface area contributed by atoms with Crippen molar-refractivity contribution in [1.29, 1.82) is 0 Å². The van der Waals surface area contributed by atoms with Crippen molar-refractivity contribution in [3.05, 3.63) is 58.6 Å². The molecule has 1 aliphatic rings. The summed E-state index contributed by atoms with van der Waals surface area (Å²) in [4.78, 5) is 12.9. The van der Waals surface area contributed by atoms with E-state index < -0.39 is 10.0 Å². The number of benzene rings is 2. The molecule has 0 atom stereocenters. The van der Waals surface area contributed by atoms with Crippen LogP contribution < -0.4 is 9.62 Å². The number of nitrogens with one attached hydrogen (secondary N) is 1. The largest absolute Gasteiger partial charge is 0.352 e. The Bertz CT molecular complexity index is 923. The van der Waals surface area contributed by atoms with Gasteiger partial charge in [0.05, 0.1) is 10.6 Å². The SMILES string of the molecule is Cc1ccc(S(=O)(=O)N(CC(=O)NC2CCCCC2)c2cccc(Br)c2)cc1. The van der Waals surface area contributed by atoms with Crippen LogP contribution in [0.3, 0.4) is 0 Å². The monoisotopic (exact) mass is 464 g/mol. The zero-order chi connectivity index (χ0) is 20.1. The number of nitrogens with zero attached hydrogens (tertiary/aromatic N) is 1. The summed E-state index contributed by atoms with van der Waals surface area (Å²) in [6.45, 7) is 1.66. The molecule has 2 aromatic carbocycles. The standard InChI is InChI=1S/C21H25BrN2O3S/c1-16-10-12-20(13-11-16)28(26,27)24(19-9-5-6-17(22)14-19)15-21(25)23-18-7-3-2-4-8-18/h5-6,9-14,18H,2-4,7-8,15H2,1H3,(H,23,25). The second-order valence-electron chi connectivity index (χ2n) is 7.21. The number of carbonyl (C=O) groups excluding carboxylic acids is 1. The highest BCUT2D eigenvalue weighted by Crippen LogP contribution is 2.26. The van der Waals surface area contributed by atoms with Gasteiger partial charge in [-0.25, -0.2) is 8.42 Å². The van der Waals surface area contributed by atoms with E-state index in [1.165, 1.54) is 10.7 Å². The van der Waals surface area contributed by atoms with Gasteiger partial charge in [-0.1, -0.05) is 59.0 Å². The van der Waals surface area contributed by atoms with Gasteiger partial charge in [0.2, 0.25) is 5.91 Å². The molecule has 0 unspecified atom stereocenters. The molecule has 0 radical (unpaired) electrons. The Morgan fingerprint density at radius 3 is 2.43 bits per heavy atom. The maximum atomic E-state index is 13.3. The fourth-order valence-electron chi connectivity index (χ4n) is 3.43. The van der Waals surface area contributed by atoms with Crippen LogP contribution in [-0.4, -0.2) is 26.9 Å². The summed E-state index contributed by atoms with van der Waals surface area (Å²) < 4.78 is 28.6. The number of hydrogen-bond donors (Lipinski definition) is 1. The second kappa shape index (κ2) is 9.09. The Kier molecular flexibility index (Phi) is 6.78. The number of anilines is 1. The zero-order valence-corrected chi connectivity index (χ0v) is 18.3. The molecule has 1 amide bonds. The lowest BCUT2D eigenvalue weighted by molar-refractivity contribution is -0.120. The number of amides is 1. The van der Waals surface area contributed by atoms with E-state index in [4.69, 9.17) is 0 Å². The van der Waals surface area contributed by atoms with Crippen LogP contribution >= 0.6 is 15.9 Å². The summed E-state index contributed by atoms with van der Waals surface area (Å²) in [6.07, 6.45) is 5.29. The minimum Gasteiger partial charge on any atom is -0.352 e. The molecule has 150 valence electrons. The number of halogens is 1. The highest BCUT2D eigenvalue weighted by Gasteiger charge is 2.28. The molecule has 28 heavy (non-hydrogen) atoms. The zero-order valence-electron chi connectivity index (χ0n) is 15.9. The van der Waals surface area contributed by atoms with Crippen LogP contribution in [0.1, 0.15) is 37.7 Å². The Labute approximate surface area is 175 Å². The third-order valence-electron chi connectivity index (χ3n) is 4.96. The van der Waals surface area contributed by atoms with Crippen LogP contribution in [0.25, 0.3) is 0 Å². The lowest BCUT2D eigenvalue weighted by Gasteiger charge is -2.27. The third kappa shape index (κ3) is 5.14. The van der Waals surface area contributed by atoms with Gasteiger partial charge >= 0.3 is 0 Å². The minimum absolute atomic E-state index is 0.132. The third-order valence-corrected chi connectivity index (χ3v) is 7.24. The van der Waals surface area contributed by atoms with Crippen LogP contribution in [0.2, 0.25) is 0 Å². The molecule has 0 aromatic heterocycles. The molecule has 5 nitrogen and oxygen atoms in total. The topological polar surface area (TPSA) is 66.5 Å². The van der Waals surface area contributed by atoms with E-state index in [2.05, 4.69) is 21.2 Å². The van der Waals surface area contributed by atoms with Crippen molar-refractivity contribution >= 4 is 37.5 Å². The molecule has 3 rings (SSSR count). The fraction of sp³-hybridized carbons (Fsp3) is 0.381. The predicted molar refractivity (Wildman–Crippen MR) is 115 cm³/mol. The number of hydrogen-bond acceptors (Lipinski definition) is 3. The van der Waals surface area contributed by atoms with E-state index in [9.17, 15) is 13.2 Å². The summed E-state index contributed by atoms with van der Waals surface area (Å²) in [5, 5.41) is 3.01. The number of carbonyl (C=O) groups is 1. The average molecular weight is 465 g/mol. The molecule has 1 saturated carbocycles. The molecular formula is C21H25BrN2O3S. The smallest absolute Gasteiger partial charge is 0.264 e. The molecule has 0 heterocycles. The lowest BCUT2D eigenvalue weighted by Crippen LogP contribution is -2.44. The first-order valence-corrected chi connectivity index (χ1v) is 11.7. The summed E-state index contributed by atoms with van der Waals surface area (Å²) >= 11 is 3.39. The normalized spacial score (nSPS) is 15.2. The highest BCUT2D eigenvalue weighted by molar-refractivity contribution is 9.10. The maximum absolute atomic E-state index is 13.3. The van der Waals surface area contributed by atoms with Crippen molar-refractivity contribution in [2.75, 3.05) is 10.8 Å². The second-order valence-corrected chi connectivity index (χ2v) is 9.99. The van der Waals surface area contributed by atoms with Crippen LogP contribution in [0.15, 0.2) is 57.9 Å². The first kappa shape index (κ1) is 20.9. The molecule has 0 spiro atoms. The molecule has 0 saturated heterocycles. The van der Waals surface area contributed by atoms with Crippen LogP contribution in [0.5, 0.6) is 0 Å². The van der Waals surface area contributed by atoms with E-state index in [0.29, 0.717) is 5.69 Å². The van der Waals surface area contributed by atoms with E-state index >= 15 is 0 Å². The first-order valence-electron chi connectivity index (χ1n) is 9.50. The van der Waals surface area contributed by atoms with Crippen molar-refractivity contribution in [2.45, 2.75) is 50.0 Å². The molecule has 1 N–H and O–H groups in total. The molecule has 1 aliphatic carbocycles. The van der Waals surface area contributed by atoms with Crippen molar-refractivity contribution in [3.8, 4) is 0 Å². The van der Waals surface area contributed by atoms with Gasteiger partial charge in [-0.05, 0) is 50.1 Å². The molecule has 0 aliphatic heterocycles. The number of sulfonamides is 1. The highest BCUT2D eigenvalue weighted by atomic mass is 79.9. The Morgan fingerprint density at radius 1 is 1.11 bits per heavy atom. The molecule has 0 bridgehead atoms. The lowest BCUT2D eigenvalue weighted by atomic mass is 9.95. The van der Waals surface area contributed by atoms with Gasteiger partial charge in [0.25, 0.3) is 10.0 Å². The van der Waals surface area contributed by atoms with Gasteiger partial charge in [-0.15, -0.1) is 0 Å². The fourth-order valence-corrected chi connectivity index (χ4v) is 5.23. The summed E-state index contributed by atoms with van der Waals surface area (Å²) in [5.41, 5.74) is 1.43. The van der Waals surface area contributed by atoms with Crippen molar-refractivity contribution in [2.24, 2.45) is 0 Å². The Hall–Kier alpha value is -1.86. The Morgan fingerprint density at radius 2 is 1.79 bits per heavy atom. The summed E-state index contributed by atoms with van der Waals surface area (Å²) in [7, 11) is -3.87. The van der Waals surface area contributed by atoms with Gasteiger partial charge in [0.15, 0.2) is 0 Å². The van der Waals surface area contributed by atoms with Crippen LogP contribution in [-0.2, 0) is 14.8 Å². The van der Waals surface area contributed by atoms with E-state index in [0.717, 1.165) is 35.7 Å². The number of aryl methyl sites for hydroxylation is 1. The van der Waals surface area contributed by atoms with Crippen LogP contribution in [0, 0.1) is 6.92 Å². The van der Waals surface area contributed by atoms with Crippen LogP contribution in [0.4, 0.5) is 5.69 Å². The minimum atomic E-state index is -3.87. The van der Waals surface area contributed by atoms with Gasteiger partial charge in [0.1, 0.15) is 6.54 Å². The Balaban J connectivity index is 1.88. The summed E-state index contributed by atoms with van der Waals surface area (Å²) in [6, 6.07) is 13.8. The molecule has 2 aromatic rings. The number of rotatable bonds is 6. The van der Waals surface area contributed by atoms with Crippen molar-refractivity contribution in [3.63, 3.8) is 0 Å². The van der Waals surface area contributed by atoms with Crippen molar-refractivity contribution in [1.82, 2.24) is 5.32 Å². The predicted octanol–water partition coefficient (Wildman–Crippen LogP) is 4.40. The molecule has 7 heteroatoms. The van der Waals surface area contributed by atoms with E-state index in [1.54, 1.807) is 42.5 Å². The average Bonchev–Trinajstić information content (AvgIpc) is 2.67. The quantitative estimate of drug-likeness (QED) is 0.688. The summed E-state index contributed by atoms with van der Waals surface area (Å²) in [5.74, 6) is -0.275. The van der Waals surface area contributed by atoms with Crippen molar-refractivity contribution < 1.29 is 13.2 Å². The van der Waals surface area contributed by atoms with E-state index in [1.807, 2.05) is 13.0 Å². The van der Waals surface area contributed by atoms with Gasteiger partial charge in [0, 0.05) is 10.5 Å². The first-order chi connectivity index (χ1) is 13.4. The molecular weight excluding hydrogens is 440 g/mol. The molecule has 1 fully saturated rings. The van der Waals surface area contributed by atoms with E-state index in [-0.39, 0.29) is 23.4 Å².